The zero-order valence-corrected chi connectivity index (χ0v) is 14.5. The lowest BCUT2D eigenvalue weighted by Crippen LogP contribution is -2.20. The van der Waals surface area contributed by atoms with Crippen molar-refractivity contribution < 1.29 is 28.9 Å². The van der Waals surface area contributed by atoms with Gasteiger partial charge in [0, 0.05) is 17.0 Å². The third kappa shape index (κ3) is 4.59. The lowest BCUT2D eigenvalue weighted by atomic mass is 10.2. The molecule has 2 aromatic carbocycles. The van der Waals surface area contributed by atoms with E-state index >= 15 is 0 Å². The van der Waals surface area contributed by atoms with Crippen LogP contribution in [0.3, 0.4) is 0 Å². The Balaban J connectivity index is 1.56. The molecule has 27 heavy (non-hydrogen) atoms. The van der Waals surface area contributed by atoms with Crippen LogP contribution in [-0.2, 0) is 9.53 Å². The number of nitrogens with zero attached hydrogens (tertiary/aromatic N) is 1. The molecule has 9 heteroatoms. The van der Waals surface area contributed by atoms with Gasteiger partial charge in [0.15, 0.2) is 11.7 Å². The fourth-order valence-electron chi connectivity index (χ4n) is 2.14. The first-order chi connectivity index (χ1) is 12.9. The van der Waals surface area contributed by atoms with Crippen LogP contribution in [0.5, 0.6) is 11.5 Å². The lowest BCUT2D eigenvalue weighted by molar-refractivity contribution is -0.119. The molecule has 1 amide bonds. The number of nitrogens with one attached hydrogen (secondary N) is 1. The summed E-state index contributed by atoms with van der Waals surface area (Å²) in [5.74, 6) is -2.54. The molecule has 7 nitrogen and oxygen atoms in total. The number of rotatable bonds is 5. The Morgan fingerprint density at radius 3 is 2.59 bits per heavy atom. The van der Waals surface area contributed by atoms with Crippen molar-refractivity contribution >= 4 is 28.3 Å². The van der Waals surface area contributed by atoms with E-state index in [4.69, 9.17) is 4.74 Å². The Morgan fingerprint density at radius 2 is 1.89 bits per heavy atom. The summed E-state index contributed by atoms with van der Waals surface area (Å²) in [7, 11) is 0. The SMILES string of the molecule is O=C(COC(=O)c1ccc(O)cc1O)Nc1nc(-c2ccc(F)cc2)cs1. The minimum atomic E-state index is -0.909. The van der Waals surface area contributed by atoms with Gasteiger partial charge in [0.1, 0.15) is 22.9 Å². The van der Waals surface area contributed by atoms with Crippen molar-refractivity contribution in [2.45, 2.75) is 0 Å². The normalized spacial score (nSPS) is 10.4. The molecule has 1 aromatic heterocycles. The minimum Gasteiger partial charge on any atom is -0.508 e. The molecule has 0 atom stereocenters. The second-order valence-corrected chi connectivity index (χ2v) is 6.23. The standard InChI is InChI=1S/C18H13FN2O5S/c19-11-3-1-10(2-4-11)14-9-27-18(20-14)21-16(24)8-26-17(25)13-6-5-12(22)7-15(13)23/h1-7,9,22-23H,8H2,(H,20,21,24). The first kappa shape index (κ1) is 18.3. The van der Waals surface area contributed by atoms with Crippen LogP contribution in [0.25, 0.3) is 11.3 Å². The number of phenolic OH excluding ortho intramolecular Hbond substituents is 2. The van der Waals surface area contributed by atoms with Crippen LogP contribution in [0, 0.1) is 5.82 Å². The molecule has 0 aliphatic carbocycles. The van der Waals surface area contributed by atoms with Crippen LogP contribution < -0.4 is 5.32 Å². The summed E-state index contributed by atoms with van der Waals surface area (Å²) in [5, 5.41) is 23.3. The van der Waals surface area contributed by atoms with Gasteiger partial charge < -0.3 is 14.9 Å². The number of hydrogen-bond acceptors (Lipinski definition) is 7. The predicted molar refractivity (Wildman–Crippen MR) is 96.2 cm³/mol. The molecule has 3 rings (SSSR count). The van der Waals surface area contributed by atoms with Crippen LogP contribution in [0.15, 0.2) is 47.8 Å². The number of phenols is 2. The number of carbonyl (C=O) groups is 2. The smallest absolute Gasteiger partial charge is 0.342 e. The van der Waals surface area contributed by atoms with Crippen LogP contribution in [-0.4, -0.2) is 33.7 Å². The number of benzene rings is 2. The Labute approximate surface area is 156 Å². The fraction of sp³-hybridized carbons (Fsp3) is 0.0556. The summed E-state index contributed by atoms with van der Waals surface area (Å²) in [5.41, 5.74) is 1.09. The van der Waals surface area contributed by atoms with Crippen LogP contribution in [0.2, 0.25) is 0 Å². The maximum atomic E-state index is 13.0. The molecule has 3 aromatic rings. The largest absolute Gasteiger partial charge is 0.508 e. The van der Waals surface area contributed by atoms with Crippen molar-refractivity contribution in [3.63, 3.8) is 0 Å². The highest BCUT2D eigenvalue weighted by atomic mass is 32.1. The number of carbonyl (C=O) groups excluding carboxylic acids is 2. The van der Waals surface area contributed by atoms with Crippen LogP contribution >= 0.6 is 11.3 Å². The first-order valence-electron chi connectivity index (χ1n) is 7.63. The molecule has 0 radical (unpaired) electrons. The minimum absolute atomic E-state index is 0.173. The molecule has 0 unspecified atom stereocenters. The lowest BCUT2D eigenvalue weighted by Gasteiger charge is -2.06. The monoisotopic (exact) mass is 388 g/mol. The van der Waals surface area contributed by atoms with E-state index in [1.54, 1.807) is 17.5 Å². The maximum absolute atomic E-state index is 13.0. The summed E-state index contributed by atoms with van der Waals surface area (Å²) < 4.78 is 17.8. The number of esters is 1. The van der Waals surface area contributed by atoms with Gasteiger partial charge in [-0.1, -0.05) is 0 Å². The Morgan fingerprint density at radius 1 is 1.15 bits per heavy atom. The molecular formula is C18H13FN2O5S. The number of amides is 1. The quantitative estimate of drug-likeness (QED) is 0.580. The average molecular weight is 388 g/mol. The van der Waals surface area contributed by atoms with Crippen LogP contribution in [0.4, 0.5) is 9.52 Å². The van der Waals surface area contributed by atoms with Gasteiger partial charge >= 0.3 is 5.97 Å². The molecule has 138 valence electrons. The van der Waals surface area contributed by atoms with Crippen molar-refractivity contribution in [1.29, 1.82) is 0 Å². The summed E-state index contributed by atoms with van der Waals surface area (Å²) in [6.07, 6.45) is 0. The Hall–Kier alpha value is -3.46. The van der Waals surface area contributed by atoms with E-state index in [0.29, 0.717) is 16.4 Å². The van der Waals surface area contributed by atoms with Gasteiger partial charge in [-0.2, -0.15) is 0 Å². The van der Waals surface area contributed by atoms with E-state index in [-0.39, 0.29) is 17.1 Å². The first-order valence-corrected chi connectivity index (χ1v) is 8.51. The zero-order valence-electron chi connectivity index (χ0n) is 13.7. The molecule has 3 N–H and O–H groups in total. The Kier molecular flexibility index (Phi) is 5.32. The number of aromatic nitrogens is 1. The summed E-state index contributed by atoms with van der Waals surface area (Å²) in [6, 6.07) is 9.15. The molecule has 0 saturated heterocycles. The van der Waals surface area contributed by atoms with E-state index in [9.17, 15) is 24.2 Å². The van der Waals surface area contributed by atoms with E-state index < -0.39 is 24.2 Å². The third-order valence-electron chi connectivity index (χ3n) is 3.43. The molecule has 0 bridgehead atoms. The second-order valence-electron chi connectivity index (χ2n) is 5.37. The van der Waals surface area contributed by atoms with Gasteiger partial charge in [-0.25, -0.2) is 14.2 Å². The number of halogens is 1. The molecule has 0 aliphatic rings. The number of ether oxygens (including phenoxy) is 1. The molecule has 1 heterocycles. The zero-order chi connectivity index (χ0) is 19.4. The topological polar surface area (TPSA) is 109 Å². The third-order valence-corrected chi connectivity index (χ3v) is 4.18. The van der Waals surface area contributed by atoms with Gasteiger partial charge in [0.2, 0.25) is 0 Å². The van der Waals surface area contributed by atoms with Crippen molar-refractivity contribution in [3.05, 3.63) is 59.2 Å². The number of hydrogen-bond donors (Lipinski definition) is 3. The molecule has 0 fully saturated rings. The predicted octanol–water partition coefficient (Wildman–Crippen LogP) is 3.16. The summed E-state index contributed by atoms with van der Waals surface area (Å²) in [4.78, 5) is 28.0. The molecule has 0 saturated carbocycles. The van der Waals surface area contributed by atoms with Gasteiger partial charge in [0.05, 0.1) is 5.69 Å². The number of anilines is 1. The van der Waals surface area contributed by atoms with Crippen molar-refractivity contribution in [1.82, 2.24) is 4.98 Å². The van der Waals surface area contributed by atoms with Gasteiger partial charge in [-0.3, -0.25) is 10.1 Å². The van der Waals surface area contributed by atoms with Crippen molar-refractivity contribution in [3.8, 4) is 22.8 Å². The molecular weight excluding hydrogens is 375 g/mol. The van der Waals surface area contributed by atoms with E-state index in [2.05, 4.69) is 10.3 Å². The number of aromatic hydroxyl groups is 2. The van der Waals surface area contributed by atoms with Crippen molar-refractivity contribution in [2.75, 3.05) is 11.9 Å². The molecule has 0 spiro atoms. The van der Waals surface area contributed by atoms with E-state index in [1.165, 1.54) is 35.6 Å². The Bertz CT molecular complexity index is 988. The highest BCUT2D eigenvalue weighted by molar-refractivity contribution is 7.14. The maximum Gasteiger partial charge on any atom is 0.342 e. The fourth-order valence-corrected chi connectivity index (χ4v) is 2.88. The van der Waals surface area contributed by atoms with E-state index in [1.807, 2.05) is 0 Å². The second kappa shape index (κ2) is 7.83. The van der Waals surface area contributed by atoms with Crippen molar-refractivity contribution in [2.24, 2.45) is 0 Å². The van der Waals surface area contributed by atoms with Gasteiger partial charge in [-0.05, 0) is 36.4 Å². The number of thiazole rings is 1. The highest BCUT2D eigenvalue weighted by Gasteiger charge is 2.15. The summed E-state index contributed by atoms with van der Waals surface area (Å²) in [6.45, 7) is -0.579. The van der Waals surface area contributed by atoms with E-state index in [0.717, 1.165) is 6.07 Å². The van der Waals surface area contributed by atoms with Gasteiger partial charge in [0.25, 0.3) is 5.91 Å². The highest BCUT2D eigenvalue weighted by Crippen LogP contribution is 2.25. The molecule has 0 aliphatic heterocycles. The average Bonchev–Trinajstić information content (AvgIpc) is 3.08. The van der Waals surface area contributed by atoms with Crippen LogP contribution in [0.1, 0.15) is 10.4 Å². The van der Waals surface area contributed by atoms with Gasteiger partial charge in [-0.15, -0.1) is 11.3 Å². The summed E-state index contributed by atoms with van der Waals surface area (Å²) >= 11 is 1.17.